The number of aliphatic hydroxyl groups excluding tert-OH is 1. The molecule has 3 heterocycles. The van der Waals surface area contributed by atoms with E-state index >= 15 is 0 Å². The summed E-state index contributed by atoms with van der Waals surface area (Å²) in [5.74, 6) is 0.212. The molecule has 6 nitrogen and oxygen atoms in total. The fourth-order valence-corrected chi connectivity index (χ4v) is 4.00. The van der Waals surface area contributed by atoms with Gasteiger partial charge in [-0.15, -0.1) is 0 Å². The molecule has 0 spiro atoms. The molecule has 0 saturated carbocycles. The Kier molecular flexibility index (Phi) is 6.10. The van der Waals surface area contributed by atoms with Gasteiger partial charge >= 0.3 is 0 Å². The predicted octanol–water partition coefficient (Wildman–Crippen LogP) is 3.24. The maximum absolute atomic E-state index is 12.9. The van der Waals surface area contributed by atoms with E-state index in [2.05, 4.69) is 30.7 Å². The molecule has 1 aliphatic rings. The molecule has 1 aromatic carbocycles. The van der Waals surface area contributed by atoms with Gasteiger partial charge in [0, 0.05) is 60.9 Å². The zero-order valence-electron chi connectivity index (χ0n) is 16.4. The summed E-state index contributed by atoms with van der Waals surface area (Å²) in [7, 11) is 0. The molecule has 3 aromatic rings. The number of aromatic nitrogens is 1. The number of rotatable bonds is 6. The molecule has 1 fully saturated rings. The second kappa shape index (κ2) is 8.75. The van der Waals surface area contributed by atoms with E-state index < -0.39 is 0 Å². The molecule has 1 N–H and O–H groups in total. The Labute approximate surface area is 178 Å². The van der Waals surface area contributed by atoms with Crippen LogP contribution in [0.5, 0.6) is 0 Å². The number of carbonyl (C=O) groups excluding carboxylic acids is 1. The van der Waals surface area contributed by atoms with Crippen LogP contribution in [0.25, 0.3) is 11.0 Å². The molecule has 152 valence electrons. The average Bonchev–Trinajstić information content (AvgIpc) is 3.18. The first-order valence-corrected chi connectivity index (χ1v) is 10.6. The SMILES string of the molecule is Cc1ncc(CN2CCN(CCO)CC2)c2cc(C(=O)c3ccc(Br)cc3)oc12. The van der Waals surface area contributed by atoms with E-state index in [4.69, 9.17) is 9.52 Å². The van der Waals surface area contributed by atoms with Crippen molar-refractivity contribution < 1.29 is 14.3 Å². The van der Waals surface area contributed by atoms with Gasteiger partial charge in [-0.25, -0.2) is 0 Å². The molecule has 29 heavy (non-hydrogen) atoms. The van der Waals surface area contributed by atoms with Crippen molar-refractivity contribution in [3.8, 4) is 0 Å². The number of furan rings is 1. The first-order chi connectivity index (χ1) is 14.0. The van der Waals surface area contributed by atoms with Crippen molar-refractivity contribution in [2.24, 2.45) is 0 Å². The van der Waals surface area contributed by atoms with Crippen molar-refractivity contribution in [1.82, 2.24) is 14.8 Å². The van der Waals surface area contributed by atoms with Gasteiger partial charge in [0.2, 0.25) is 5.78 Å². The van der Waals surface area contributed by atoms with Crippen LogP contribution in [-0.2, 0) is 6.54 Å². The second-order valence-corrected chi connectivity index (χ2v) is 8.32. The van der Waals surface area contributed by atoms with Crippen LogP contribution in [0.15, 0.2) is 45.4 Å². The molecule has 1 saturated heterocycles. The lowest BCUT2D eigenvalue weighted by Crippen LogP contribution is -2.46. The lowest BCUT2D eigenvalue weighted by molar-refractivity contribution is 0.101. The minimum Gasteiger partial charge on any atom is -0.451 e. The molecular formula is C22H24BrN3O3. The first kappa shape index (κ1) is 20.2. The van der Waals surface area contributed by atoms with Gasteiger partial charge < -0.3 is 9.52 Å². The van der Waals surface area contributed by atoms with Crippen LogP contribution in [0.4, 0.5) is 0 Å². The Morgan fingerprint density at radius 2 is 1.86 bits per heavy atom. The van der Waals surface area contributed by atoms with Crippen LogP contribution in [0.3, 0.4) is 0 Å². The predicted molar refractivity (Wildman–Crippen MR) is 115 cm³/mol. The van der Waals surface area contributed by atoms with Crippen LogP contribution < -0.4 is 0 Å². The smallest absolute Gasteiger partial charge is 0.228 e. The highest BCUT2D eigenvalue weighted by atomic mass is 79.9. The number of β-amino-alcohol motifs (C(OH)–C–C–N with tert-alkyl or cyclic N) is 1. The number of hydrogen-bond donors (Lipinski definition) is 1. The maximum Gasteiger partial charge on any atom is 0.228 e. The van der Waals surface area contributed by atoms with Gasteiger partial charge in [0.1, 0.15) is 0 Å². The minimum absolute atomic E-state index is 0.128. The molecule has 4 rings (SSSR count). The highest BCUT2D eigenvalue weighted by Crippen LogP contribution is 2.28. The monoisotopic (exact) mass is 457 g/mol. The van der Waals surface area contributed by atoms with E-state index in [1.165, 1.54) is 0 Å². The largest absolute Gasteiger partial charge is 0.451 e. The molecule has 2 aromatic heterocycles. The number of ketones is 1. The van der Waals surface area contributed by atoms with E-state index in [-0.39, 0.29) is 12.4 Å². The Hall–Kier alpha value is -2.06. The lowest BCUT2D eigenvalue weighted by Gasteiger charge is -2.34. The highest BCUT2D eigenvalue weighted by Gasteiger charge is 2.21. The molecule has 0 aliphatic carbocycles. The van der Waals surface area contributed by atoms with Gasteiger partial charge in [-0.1, -0.05) is 15.9 Å². The molecule has 0 atom stereocenters. The number of carbonyl (C=O) groups is 1. The third kappa shape index (κ3) is 4.43. The van der Waals surface area contributed by atoms with Crippen LogP contribution in [0, 0.1) is 6.92 Å². The van der Waals surface area contributed by atoms with Crippen molar-refractivity contribution in [2.45, 2.75) is 13.5 Å². The summed E-state index contributed by atoms with van der Waals surface area (Å²) in [6, 6.07) is 9.13. The zero-order valence-corrected chi connectivity index (χ0v) is 18.0. The van der Waals surface area contributed by atoms with Gasteiger partial charge in [-0.05, 0) is 42.8 Å². The lowest BCUT2D eigenvalue weighted by atomic mass is 10.1. The van der Waals surface area contributed by atoms with Gasteiger partial charge in [0.05, 0.1) is 12.3 Å². The van der Waals surface area contributed by atoms with Crippen molar-refractivity contribution in [1.29, 1.82) is 0 Å². The van der Waals surface area contributed by atoms with Gasteiger partial charge in [-0.3, -0.25) is 19.6 Å². The Morgan fingerprint density at radius 1 is 1.17 bits per heavy atom. The topological polar surface area (TPSA) is 69.8 Å². The Balaban J connectivity index is 1.57. The normalized spacial score (nSPS) is 15.8. The number of pyridine rings is 1. The summed E-state index contributed by atoms with van der Waals surface area (Å²) in [4.78, 5) is 22.0. The summed E-state index contributed by atoms with van der Waals surface area (Å²) in [5, 5.41) is 10.1. The number of fused-ring (bicyclic) bond motifs is 1. The molecule has 0 unspecified atom stereocenters. The van der Waals surface area contributed by atoms with Crippen molar-refractivity contribution in [3.63, 3.8) is 0 Å². The summed E-state index contributed by atoms with van der Waals surface area (Å²) in [6.45, 7) is 7.37. The molecule has 0 bridgehead atoms. The van der Waals surface area contributed by atoms with Gasteiger partial charge in [0.15, 0.2) is 11.3 Å². The zero-order chi connectivity index (χ0) is 20.4. The van der Waals surface area contributed by atoms with Crippen molar-refractivity contribution >= 4 is 32.7 Å². The van der Waals surface area contributed by atoms with Crippen molar-refractivity contribution in [2.75, 3.05) is 39.3 Å². The summed E-state index contributed by atoms with van der Waals surface area (Å²) in [6.07, 6.45) is 1.89. The Bertz CT molecular complexity index is 1010. The number of aliphatic hydroxyl groups is 1. The average molecular weight is 458 g/mol. The fraction of sp³-hybridized carbons (Fsp3) is 0.364. The third-order valence-corrected chi connectivity index (χ3v) is 5.95. The number of benzene rings is 1. The first-order valence-electron chi connectivity index (χ1n) is 9.79. The van der Waals surface area contributed by atoms with Crippen LogP contribution in [0.1, 0.15) is 27.4 Å². The van der Waals surface area contributed by atoms with Gasteiger partial charge in [-0.2, -0.15) is 0 Å². The molecular weight excluding hydrogens is 434 g/mol. The van der Waals surface area contributed by atoms with E-state index in [1.807, 2.05) is 31.3 Å². The maximum atomic E-state index is 12.9. The van der Waals surface area contributed by atoms with Gasteiger partial charge in [0.25, 0.3) is 0 Å². The standard InChI is InChI=1S/C22H24BrN3O3/c1-15-22-19(12-20(29-22)21(28)16-2-4-18(23)5-3-16)17(13-24-15)14-26-8-6-25(7-9-26)10-11-27/h2-5,12-13,27H,6-11,14H2,1H3. The Morgan fingerprint density at radius 3 is 2.55 bits per heavy atom. The van der Waals surface area contributed by atoms with Crippen LogP contribution >= 0.6 is 15.9 Å². The number of aryl methyl sites for hydroxylation is 1. The number of halogens is 1. The van der Waals surface area contributed by atoms with Crippen molar-refractivity contribution in [3.05, 3.63) is 63.6 Å². The second-order valence-electron chi connectivity index (χ2n) is 7.40. The molecule has 0 amide bonds. The third-order valence-electron chi connectivity index (χ3n) is 5.43. The summed E-state index contributed by atoms with van der Waals surface area (Å²) < 4.78 is 6.88. The van der Waals surface area contributed by atoms with E-state index in [1.54, 1.807) is 12.1 Å². The number of nitrogens with zero attached hydrogens (tertiary/aromatic N) is 3. The number of piperazine rings is 1. The molecule has 7 heteroatoms. The highest BCUT2D eigenvalue weighted by molar-refractivity contribution is 9.10. The quantitative estimate of drug-likeness (QED) is 0.572. The summed E-state index contributed by atoms with van der Waals surface area (Å²) >= 11 is 3.39. The minimum atomic E-state index is -0.128. The number of hydrogen-bond acceptors (Lipinski definition) is 6. The van der Waals surface area contributed by atoms with E-state index in [0.29, 0.717) is 16.9 Å². The van der Waals surface area contributed by atoms with Crippen LogP contribution in [-0.4, -0.2) is 65.0 Å². The van der Waals surface area contributed by atoms with E-state index in [9.17, 15) is 4.79 Å². The van der Waals surface area contributed by atoms with E-state index in [0.717, 1.165) is 60.4 Å². The fourth-order valence-electron chi connectivity index (χ4n) is 3.74. The molecule has 0 radical (unpaired) electrons. The summed E-state index contributed by atoms with van der Waals surface area (Å²) in [5.41, 5.74) is 3.13. The molecule has 1 aliphatic heterocycles. The van der Waals surface area contributed by atoms with Crippen LogP contribution in [0.2, 0.25) is 0 Å².